The Morgan fingerprint density at radius 3 is 0.858 bits per heavy atom. The molecular formula is C98H57N5O3. The first-order valence-electron chi connectivity index (χ1n) is 36.0. The number of benzene rings is 16. The number of hydrogen-bond donors (Lipinski definition) is 0. The number of nitrogens with zero attached hydrogens (tertiary/aromatic N) is 5. The molecule has 0 aliphatic carbocycles. The number of fused-ring (bicyclic) bond motifs is 19. The molecule has 23 aromatic rings. The summed E-state index contributed by atoms with van der Waals surface area (Å²) in [6, 6.07) is 124. The van der Waals surface area contributed by atoms with Crippen molar-refractivity contribution in [3.63, 3.8) is 0 Å². The highest BCUT2D eigenvalue weighted by molar-refractivity contribution is 6.15. The Kier molecular flexibility index (Phi) is 12.4. The van der Waals surface area contributed by atoms with Crippen LogP contribution >= 0.6 is 0 Å². The largest absolute Gasteiger partial charge is 0.456 e. The van der Waals surface area contributed by atoms with Gasteiger partial charge in [0.05, 0.1) is 44.3 Å². The van der Waals surface area contributed by atoms with E-state index >= 15 is 0 Å². The lowest BCUT2D eigenvalue weighted by atomic mass is 9.99. The van der Waals surface area contributed by atoms with Gasteiger partial charge in [-0.3, -0.25) is 0 Å². The molecule has 8 heteroatoms. The van der Waals surface area contributed by atoms with E-state index in [4.69, 9.17) is 23.2 Å². The maximum atomic E-state index is 6.40. The second-order valence-corrected chi connectivity index (χ2v) is 27.9. The molecular weight excluding hydrogens is 1300 g/mol. The third-order valence-electron chi connectivity index (χ3n) is 22.1. The smallest absolute Gasteiger partial charge is 0.160 e. The van der Waals surface area contributed by atoms with Crippen molar-refractivity contribution < 1.29 is 13.3 Å². The molecule has 0 aliphatic rings. The monoisotopic (exact) mass is 1350 g/mol. The Morgan fingerprint density at radius 1 is 0.179 bits per heavy atom. The van der Waals surface area contributed by atoms with Crippen LogP contribution in [0.2, 0.25) is 0 Å². The fourth-order valence-electron chi connectivity index (χ4n) is 17.0. The molecule has 0 fully saturated rings. The number of aromatic nitrogens is 5. The molecule has 106 heavy (non-hydrogen) atoms. The van der Waals surface area contributed by atoms with Crippen LogP contribution in [0.4, 0.5) is 0 Å². The van der Waals surface area contributed by atoms with Crippen LogP contribution in [0.15, 0.2) is 359 Å². The van der Waals surface area contributed by atoms with Crippen LogP contribution in [0.25, 0.3) is 226 Å². The zero-order valence-corrected chi connectivity index (χ0v) is 56.9. The molecule has 0 bridgehead atoms. The molecule has 16 aromatic carbocycles. The molecule has 0 saturated heterocycles. The molecule has 0 aliphatic heterocycles. The van der Waals surface area contributed by atoms with Gasteiger partial charge >= 0.3 is 0 Å². The normalized spacial score (nSPS) is 12.2. The van der Waals surface area contributed by atoms with Crippen molar-refractivity contribution in [1.29, 1.82) is 0 Å². The van der Waals surface area contributed by atoms with Gasteiger partial charge in [-0.2, -0.15) is 0 Å². The van der Waals surface area contributed by atoms with Crippen LogP contribution in [-0.4, -0.2) is 23.7 Å². The van der Waals surface area contributed by atoms with Crippen molar-refractivity contribution in [3.05, 3.63) is 346 Å². The summed E-state index contributed by atoms with van der Waals surface area (Å²) in [5, 5.41) is 14.8. The van der Waals surface area contributed by atoms with Crippen molar-refractivity contribution in [3.8, 4) is 84.2 Å². The van der Waals surface area contributed by atoms with E-state index in [0.29, 0.717) is 5.82 Å². The average molecular weight is 1350 g/mol. The summed E-state index contributed by atoms with van der Waals surface area (Å²) < 4.78 is 26.3. The topological polar surface area (TPSA) is 80.0 Å². The van der Waals surface area contributed by atoms with Crippen LogP contribution in [0.3, 0.4) is 0 Å². The highest BCUT2D eigenvalue weighted by Crippen LogP contribution is 2.44. The number of rotatable bonds is 9. The Hall–Kier alpha value is -14.3. The maximum Gasteiger partial charge on any atom is 0.160 e. The molecule has 492 valence electrons. The minimum absolute atomic E-state index is 0.640. The predicted octanol–water partition coefficient (Wildman–Crippen LogP) is 26.6. The molecule has 0 radical (unpaired) electrons. The zero-order valence-electron chi connectivity index (χ0n) is 56.9. The van der Waals surface area contributed by atoms with E-state index in [9.17, 15) is 0 Å². The van der Waals surface area contributed by atoms with E-state index in [-0.39, 0.29) is 0 Å². The Balaban J connectivity index is 0.638. The van der Waals surface area contributed by atoms with Gasteiger partial charge in [0, 0.05) is 98.2 Å². The standard InChI is InChI=1S/C98H57N5O3/c1-7-19-85-71(13-1)74-44-31-62(65-34-47-80-77-16-4-10-22-91(77)104-94(80)55-65)52-88(74)101(85)68-38-25-58(26-39-68)61-37-50-84-83(51-61)97(59-27-40-69(41-28-59)102-86-20-8-2-14-72(86)75-45-32-63(53-89(75)102)66-35-48-81-78-17-5-11-23-92(78)105-95(81)56-66)100-98(99-84)60-29-42-70(43-30-60)103-87-21-9-3-15-73(87)76-46-33-64(54-90(76)103)67-36-49-82-79-18-6-12-24-93(79)106-96(82)57-67/h1-57H. The van der Waals surface area contributed by atoms with Crippen molar-refractivity contribution in [1.82, 2.24) is 23.7 Å². The molecule has 8 nitrogen and oxygen atoms in total. The van der Waals surface area contributed by atoms with E-state index in [2.05, 4.69) is 323 Å². The minimum Gasteiger partial charge on any atom is -0.456 e. The van der Waals surface area contributed by atoms with Crippen LogP contribution in [-0.2, 0) is 0 Å². The lowest BCUT2D eigenvalue weighted by Crippen LogP contribution is -1.98. The Labute approximate surface area is 605 Å². The van der Waals surface area contributed by atoms with Crippen molar-refractivity contribution >= 4 is 142 Å². The quantitative estimate of drug-likeness (QED) is 0.144. The lowest BCUT2D eigenvalue weighted by Gasteiger charge is -2.14. The zero-order chi connectivity index (χ0) is 69.2. The molecule has 7 heterocycles. The number of furan rings is 3. The fraction of sp³-hybridized carbons (Fsp3) is 0. The van der Waals surface area contributed by atoms with Gasteiger partial charge in [0.2, 0.25) is 0 Å². The molecule has 7 aromatic heterocycles. The van der Waals surface area contributed by atoms with Gasteiger partial charge < -0.3 is 27.0 Å². The third-order valence-corrected chi connectivity index (χ3v) is 22.1. The first-order chi connectivity index (χ1) is 52.5. The van der Waals surface area contributed by atoms with E-state index in [1.54, 1.807) is 0 Å². The van der Waals surface area contributed by atoms with Gasteiger partial charge in [-0.25, -0.2) is 9.97 Å². The van der Waals surface area contributed by atoms with Gasteiger partial charge in [-0.15, -0.1) is 0 Å². The molecule has 0 unspecified atom stereocenters. The minimum atomic E-state index is 0.640. The van der Waals surface area contributed by atoms with Gasteiger partial charge in [0.1, 0.15) is 33.5 Å². The summed E-state index contributed by atoms with van der Waals surface area (Å²) >= 11 is 0. The van der Waals surface area contributed by atoms with E-state index in [0.717, 1.165) is 188 Å². The molecule has 0 saturated carbocycles. The first-order valence-corrected chi connectivity index (χ1v) is 36.0. The molecule has 0 amide bonds. The van der Waals surface area contributed by atoms with Crippen LogP contribution in [0.1, 0.15) is 0 Å². The van der Waals surface area contributed by atoms with E-state index in [1.165, 1.54) is 32.3 Å². The maximum absolute atomic E-state index is 6.40. The molecule has 0 spiro atoms. The fourth-order valence-corrected chi connectivity index (χ4v) is 17.0. The molecule has 23 rings (SSSR count). The lowest BCUT2D eigenvalue weighted by molar-refractivity contribution is 0.668. The highest BCUT2D eigenvalue weighted by atomic mass is 16.3. The molecule has 0 atom stereocenters. The van der Waals surface area contributed by atoms with Gasteiger partial charge in [-0.05, 0) is 196 Å². The van der Waals surface area contributed by atoms with E-state index in [1.807, 2.05) is 36.4 Å². The first kappa shape index (κ1) is 58.3. The summed E-state index contributed by atoms with van der Waals surface area (Å²) in [5.41, 5.74) is 27.6. The summed E-state index contributed by atoms with van der Waals surface area (Å²) in [4.78, 5) is 11.1. The van der Waals surface area contributed by atoms with Gasteiger partial charge in [-0.1, -0.05) is 194 Å². The number of hydrogen-bond acceptors (Lipinski definition) is 5. The highest BCUT2D eigenvalue weighted by Gasteiger charge is 2.22. The average Bonchev–Trinajstić information content (AvgIpc) is 1.57. The van der Waals surface area contributed by atoms with Crippen LogP contribution < -0.4 is 0 Å². The van der Waals surface area contributed by atoms with Gasteiger partial charge in [0.15, 0.2) is 5.82 Å². The van der Waals surface area contributed by atoms with E-state index < -0.39 is 0 Å². The van der Waals surface area contributed by atoms with Crippen molar-refractivity contribution in [2.24, 2.45) is 0 Å². The third kappa shape index (κ3) is 8.95. The molecule has 0 N–H and O–H groups in total. The SMILES string of the molecule is c1ccc2c(c1)oc1cc(-c3ccc4c5ccccc5n(-c5ccc(-c6ccc7nc(-c8ccc(-n9c%10ccccc%10c%10ccc(-c%11ccc%12c(c%11)oc%11ccccc%11%12)cc%109)cc8)nc(-c8ccc(-n9c%10ccccc%10c%10ccc(-c%11ccc%12c(c%11)oc%11ccccc%11%12)cc%109)cc8)c7c6)cc5)c4c3)ccc12. The second kappa shape index (κ2) is 22.6. The summed E-state index contributed by atoms with van der Waals surface area (Å²) in [6.45, 7) is 0. The summed E-state index contributed by atoms with van der Waals surface area (Å²) in [5.74, 6) is 0.640. The van der Waals surface area contributed by atoms with Gasteiger partial charge in [0.25, 0.3) is 0 Å². The second-order valence-electron chi connectivity index (χ2n) is 27.9. The van der Waals surface area contributed by atoms with Crippen LogP contribution in [0.5, 0.6) is 0 Å². The van der Waals surface area contributed by atoms with Crippen molar-refractivity contribution in [2.45, 2.75) is 0 Å². The summed E-state index contributed by atoms with van der Waals surface area (Å²) in [6.07, 6.45) is 0. The van der Waals surface area contributed by atoms with Crippen LogP contribution in [0, 0.1) is 0 Å². The summed E-state index contributed by atoms with van der Waals surface area (Å²) in [7, 11) is 0. The Morgan fingerprint density at radius 2 is 0.462 bits per heavy atom. The van der Waals surface area contributed by atoms with Crippen molar-refractivity contribution in [2.75, 3.05) is 0 Å². The predicted molar refractivity (Wildman–Crippen MR) is 437 cm³/mol. The number of para-hydroxylation sites is 6. The Bertz CT molecular complexity index is 7630.